The number of aromatic amines is 1. The van der Waals surface area contributed by atoms with Gasteiger partial charge in [-0.2, -0.15) is 5.10 Å². The van der Waals surface area contributed by atoms with Crippen molar-refractivity contribution in [2.24, 2.45) is 0 Å². The molecule has 0 bridgehead atoms. The van der Waals surface area contributed by atoms with Crippen molar-refractivity contribution in [3.63, 3.8) is 0 Å². The standard InChI is InChI=1S/C20H15F3N4O2/c1-12-6-2-4-8-15(12)27-18-14(11-24-27)19(28)26-17(25-18)10-13-7-3-5-9-16(13)29-20(21,22)23/h2-9,11H,10H2,1H3,(H,25,26,28). The molecule has 2 heterocycles. The second-order valence-corrected chi connectivity index (χ2v) is 6.43. The van der Waals surface area contributed by atoms with Crippen molar-refractivity contribution in [1.29, 1.82) is 0 Å². The molecule has 0 atom stereocenters. The molecule has 4 aromatic rings. The summed E-state index contributed by atoms with van der Waals surface area (Å²) in [5.74, 6) is -0.133. The predicted molar refractivity (Wildman–Crippen MR) is 100 cm³/mol. The number of fused-ring (bicyclic) bond motifs is 1. The molecule has 0 unspecified atom stereocenters. The van der Waals surface area contributed by atoms with Crippen LogP contribution in [0.2, 0.25) is 0 Å². The van der Waals surface area contributed by atoms with Gasteiger partial charge in [0.25, 0.3) is 5.56 Å². The molecular formula is C20H15F3N4O2. The Morgan fingerprint density at radius 1 is 1.10 bits per heavy atom. The van der Waals surface area contributed by atoms with E-state index in [0.717, 1.165) is 11.3 Å². The molecule has 0 radical (unpaired) electrons. The maximum absolute atomic E-state index is 12.7. The van der Waals surface area contributed by atoms with E-state index >= 15 is 0 Å². The summed E-state index contributed by atoms with van der Waals surface area (Å²) in [6.07, 6.45) is -3.45. The number of benzene rings is 2. The number of ether oxygens (including phenoxy) is 1. The Morgan fingerprint density at radius 3 is 2.59 bits per heavy atom. The fourth-order valence-corrected chi connectivity index (χ4v) is 3.08. The van der Waals surface area contributed by atoms with Crippen molar-refractivity contribution in [2.75, 3.05) is 0 Å². The number of nitrogens with zero attached hydrogens (tertiary/aromatic N) is 3. The Hall–Kier alpha value is -3.62. The van der Waals surface area contributed by atoms with Crippen LogP contribution in [0.5, 0.6) is 5.75 Å². The van der Waals surface area contributed by atoms with E-state index in [0.29, 0.717) is 5.65 Å². The van der Waals surface area contributed by atoms with Gasteiger partial charge in [0.1, 0.15) is 17.0 Å². The van der Waals surface area contributed by atoms with Gasteiger partial charge in [-0.25, -0.2) is 9.67 Å². The summed E-state index contributed by atoms with van der Waals surface area (Å²) < 4.78 is 43.6. The van der Waals surface area contributed by atoms with E-state index in [-0.39, 0.29) is 28.9 Å². The number of halogens is 3. The van der Waals surface area contributed by atoms with Crippen molar-refractivity contribution in [2.45, 2.75) is 19.7 Å². The zero-order chi connectivity index (χ0) is 20.6. The van der Waals surface area contributed by atoms with Gasteiger partial charge in [0.2, 0.25) is 0 Å². The number of alkyl halides is 3. The first-order chi connectivity index (χ1) is 13.8. The third kappa shape index (κ3) is 3.84. The van der Waals surface area contributed by atoms with E-state index in [1.165, 1.54) is 24.4 Å². The van der Waals surface area contributed by atoms with Gasteiger partial charge in [-0.1, -0.05) is 36.4 Å². The average molecular weight is 400 g/mol. The lowest BCUT2D eigenvalue weighted by Gasteiger charge is -2.13. The van der Waals surface area contributed by atoms with Crippen LogP contribution in [0.15, 0.2) is 59.5 Å². The molecule has 2 aromatic heterocycles. The molecule has 0 aliphatic carbocycles. The van der Waals surface area contributed by atoms with Gasteiger partial charge in [-0.3, -0.25) is 4.79 Å². The summed E-state index contributed by atoms with van der Waals surface area (Å²) in [4.78, 5) is 19.5. The van der Waals surface area contributed by atoms with E-state index in [2.05, 4.69) is 19.8 Å². The van der Waals surface area contributed by atoms with E-state index in [1.54, 1.807) is 10.7 Å². The fourth-order valence-electron chi connectivity index (χ4n) is 3.08. The Balaban J connectivity index is 1.78. The van der Waals surface area contributed by atoms with Crippen molar-refractivity contribution < 1.29 is 17.9 Å². The predicted octanol–water partition coefficient (Wildman–Crippen LogP) is 3.91. The Morgan fingerprint density at radius 2 is 1.83 bits per heavy atom. The number of aromatic nitrogens is 4. The molecule has 2 aromatic carbocycles. The highest BCUT2D eigenvalue weighted by Crippen LogP contribution is 2.27. The summed E-state index contributed by atoms with van der Waals surface area (Å²) in [6, 6.07) is 13.2. The van der Waals surface area contributed by atoms with Crippen molar-refractivity contribution >= 4 is 11.0 Å². The van der Waals surface area contributed by atoms with Crippen molar-refractivity contribution in [3.8, 4) is 11.4 Å². The summed E-state index contributed by atoms with van der Waals surface area (Å²) in [5.41, 5.74) is 1.85. The lowest BCUT2D eigenvalue weighted by Crippen LogP contribution is -2.18. The lowest BCUT2D eigenvalue weighted by molar-refractivity contribution is -0.274. The molecule has 148 valence electrons. The lowest BCUT2D eigenvalue weighted by atomic mass is 10.1. The van der Waals surface area contributed by atoms with Gasteiger partial charge in [-0.15, -0.1) is 13.2 Å². The molecule has 6 nitrogen and oxygen atoms in total. The number of aryl methyl sites for hydroxylation is 1. The number of H-pyrrole nitrogens is 1. The normalized spacial score (nSPS) is 11.7. The van der Waals surface area contributed by atoms with E-state index in [1.807, 2.05) is 31.2 Å². The minimum absolute atomic E-state index is 0.0453. The van der Waals surface area contributed by atoms with Gasteiger partial charge >= 0.3 is 6.36 Å². The average Bonchev–Trinajstić information content (AvgIpc) is 3.07. The molecular weight excluding hydrogens is 385 g/mol. The summed E-state index contributed by atoms with van der Waals surface area (Å²) in [5, 5.41) is 4.55. The number of para-hydroxylation sites is 2. The van der Waals surface area contributed by atoms with Gasteiger partial charge in [0.15, 0.2) is 5.65 Å². The topological polar surface area (TPSA) is 72.8 Å². The van der Waals surface area contributed by atoms with Crippen LogP contribution in [0, 0.1) is 6.92 Å². The zero-order valence-corrected chi connectivity index (χ0v) is 15.2. The number of rotatable bonds is 4. The summed E-state index contributed by atoms with van der Waals surface area (Å²) in [7, 11) is 0. The fraction of sp³-hybridized carbons (Fsp3) is 0.150. The van der Waals surface area contributed by atoms with Crippen LogP contribution >= 0.6 is 0 Å². The summed E-state index contributed by atoms with van der Waals surface area (Å²) in [6.45, 7) is 1.90. The van der Waals surface area contributed by atoms with Crippen LogP contribution in [0.25, 0.3) is 16.7 Å². The Kier molecular flexibility index (Phi) is 4.57. The monoisotopic (exact) mass is 400 g/mol. The molecule has 29 heavy (non-hydrogen) atoms. The molecule has 1 N–H and O–H groups in total. The Labute approximate surface area is 162 Å². The molecule has 0 aliphatic heterocycles. The molecule has 9 heteroatoms. The highest BCUT2D eigenvalue weighted by Gasteiger charge is 2.32. The number of hydrogen-bond donors (Lipinski definition) is 1. The van der Waals surface area contributed by atoms with E-state index in [9.17, 15) is 18.0 Å². The second kappa shape index (κ2) is 7.08. The first-order valence-electron chi connectivity index (χ1n) is 8.68. The van der Waals surface area contributed by atoms with E-state index < -0.39 is 11.9 Å². The third-order valence-electron chi connectivity index (χ3n) is 4.39. The molecule has 0 aliphatic rings. The maximum Gasteiger partial charge on any atom is 0.573 e. The maximum atomic E-state index is 12.7. The minimum Gasteiger partial charge on any atom is -0.405 e. The zero-order valence-electron chi connectivity index (χ0n) is 15.2. The summed E-state index contributed by atoms with van der Waals surface area (Å²) >= 11 is 0. The van der Waals surface area contributed by atoms with Gasteiger partial charge in [0, 0.05) is 12.0 Å². The quantitative estimate of drug-likeness (QED) is 0.564. The van der Waals surface area contributed by atoms with Gasteiger partial charge in [-0.05, 0) is 24.6 Å². The van der Waals surface area contributed by atoms with Crippen LogP contribution in [-0.2, 0) is 6.42 Å². The molecule has 0 saturated heterocycles. The first kappa shape index (κ1) is 18.7. The van der Waals surface area contributed by atoms with Gasteiger partial charge in [0.05, 0.1) is 11.9 Å². The van der Waals surface area contributed by atoms with Gasteiger partial charge < -0.3 is 9.72 Å². The van der Waals surface area contributed by atoms with Crippen LogP contribution in [0.1, 0.15) is 17.0 Å². The molecule has 0 fully saturated rings. The second-order valence-electron chi connectivity index (χ2n) is 6.43. The third-order valence-corrected chi connectivity index (χ3v) is 4.39. The molecule has 0 saturated carbocycles. The van der Waals surface area contributed by atoms with Crippen LogP contribution in [-0.4, -0.2) is 26.1 Å². The largest absolute Gasteiger partial charge is 0.573 e. The molecule has 4 rings (SSSR count). The van der Waals surface area contributed by atoms with Crippen LogP contribution in [0.3, 0.4) is 0 Å². The van der Waals surface area contributed by atoms with Crippen LogP contribution < -0.4 is 10.3 Å². The number of hydrogen-bond acceptors (Lipinski definition) is 4. The number of nitrogens with one attached hydrogen (secondary N) is 1. The van der Waals surface area contributed by atoms with Crippen molar-refractivity contribution in [3.05, 3.63) is 82.0 Å². The smallest absolute Gasteiger partial charge is 0.405 e. The van der Waals surface area contributed by atoms with E-state index in [4.69, 9.17) is 0 Å². The van der Waals surface area contributed by atoms with Crippen molar-refractivity contribution in [1.82, 2.24) is 19.7 Å². The highest BCUT2D eigenvalue weighted by molar-refractivity contribution is 5.75. The Bertz CT molecular complexity index is 1240. The molecule has 0 amide bonds. The highest BCUT2D eigenvalue weighted by atomic mass is 19.4. The minimum atomic E-state index is -4.82. The SMILES string of the molecule is Cc1ccccc1-n1ncc2c(=O)[nH]c(Cc3ccccc3OC(F)(F)F)nc21. The molecule has 0 spiro atoms. The van der Waals surface area contributed by atoms with Crippen LogP contribution in [0.4, 0.5) is 13.2 Å². The first-order valence-corrected chi connectivity index (χ1v) is 8.68.